The zero-order chi connectivity index (χ0) is 8.10. The molecule has 0 bridgehead atoms. The second kappa shape index (κ2) is 3.94. The molecule has 0 aliphatic carbocycles. The normalized spacial score (nSPS) is 12.5. The molecular weight excluding hydrogens is 134 g/mol. The van der Waals surface area contributed by atoms with Crippen LogP contribution in [-0.2, 0) is 6.42 Å². The molecule has 1 aromatic rings. The van der Waals surface area contributed by atoms with Crippen LogP contribution < -0.4 is 5.73 Å². The molecule has 0 heterocycles. The van der Waals surface area contributed by atoms with Gasteiger partial charge in [-0.1, -0.05) is 36.9 Å². The predicted molar refractivity (Wildman–Crippen MR) is 47.0 cm³/mol. The van der Waals surface area contributed by atoms with E-state index in [0.717, 1.165) is 6.42 Å². The Kier molecular flexibility index (Phi) is 2.87. The van der Waals surface area contributed by atoms with Gasteiger partial charge in [-0.2, -0.15) is 0 Å². The number of benzene rings is 1. The first-order valence-electron chi connectivity index (χ1n) is 3.82. The number of hydrogen-bond donors (Lipinski definition) is 1. The average Bonchev–Trinajstić information content (AvgIpc) is 2.06. The smallest absolute Gasteiger partial charge is 0.107 e. The highest BCUT2D eigenvalue weighted by Crippen LogP contribution is 2.00. The third-order valence-electron chi connectivity index (χ3n) is 1.67. The van der Waals surface area contributed by atoms with Gasteiger partial charge in [-0.15, -0.1) is 0 Å². The number of rotatable bonds is 3. The quantitative estimate of drug-likeness (QED) is 0.620. The predicted octanol–water partition coefficient (Wildman–Crippen LogP) is 1.03. The van der Waals surface area contributed by atoms with Crippen molar-refractivity contribution >= 4 is 0 Å². The lowest BCUT2D eigenvalue weighted by Crippen LogP contribution is -2.60. The van der Waals surface area contributed by atoms with E-state index in [1.165, 1.54) is 5.56 Å². The van der Waals surface area contributed by atoms with Crippen molar-refractivity contribution in [3.63, 3.8) is 0 Å². The maximum Gasteiger partial charge on any atom is 0.107 e. The Morgan fingerprint density at radius 2 is 2.00 bits per heavy atom. The molecule has 1 rings (SSSR count). The second-order valence-corrected chi connectivity index (χ2v) is 2.69. The van der Waals surface area contributed by atoms with E-state index in [-0.39, 0.29) is 0 Å². The van der Waals surface area contributed by atoms with Gasteiger partial charge in [-0.25, -0.2) is 0 Å². The van der Waals surface area contributed by atoms with E-state index >= 15 is 0 Å². The molecule has 3 N–H and O–H groups in total. The van der Waals surface area contributed by atoms with Gasteiger partial charge >= 0.3 is 0 Å². The summed E-state index contributed by atoms with van der Waals surface area (Å²) in [6.07, 6.45) is 2.87. The summed E-state index contributed by atoms with van der Waals surface area (Å²) in [6.45, 7) is 3.69. The summed E-state index contributed by atoms with van der Waals surface area (Å²) in [7, 11) is 0. The summed E-state index contributed by atoms with van der Waals surface area (Å²) in [5.74, 6) is 0. The van der Waals surface area contributed by atoms with Crippen LogP contribution in [0.1, 0.15) is 5.56 Å². The Balaban J connectivity index is 2.57. The van der Waals surface area contributed by atoms with Gasteiger partial charge in [0.2, 0.25) is 0 Å². The highest BCUT2D eigenvalue weighted by molar-refractivity contribution is 5.16. The fourth-order valence-electron chi connectivity index (χ4n) is 1.00. The van der Waals surface area contributed by atoms with Crippen LogP contribution in [0.2, 0.25) is 0 Å². The van der Waals surface area contributed by atoms with Gasteiger partial charge in [-0.3, -0.25) is 0 Å². The molecule has 1 heteroatoms. The summed E-state index contributed by atoms with van der Waals surface area (Å²) in [5, 5.41) is 0. The maximum absolute atomic E-state index is 3.93. The van der Waals surface area contributed by atoms with Crippen molar-refractivity contribution in [3.8, 4) is 0 Å². The van der Waals surface area contributed by atoms with E-state index in [4.69, 9.17) is 0 Å². The van der Waals surface area contributed by atoms with Crippen molar-refractivity contribution in [1.29, 1.82) is 0 Å². The largest absolute Gasteiger partial charge is 0.352 e. The Hall–Kier alpha value is -1.08. The highest BCUT2D eigenvalue weighted by atomic mass is 14.6. The molecule has 0 aliphatic rings. The Labute approximate surface area is 67.5 Å². The van der Waals surface area contributed by atoms with E-state index in [9.17, 15) is 0 Å². The molecular formula is C10H14N+. The monoisotopic (exact) mass is 148 g/mol. The Bertz CT molecular complexity index is 216. The van der Waals surface area contributed by atoms with Crippen LogP contribution in [0.3, 0.4) is 0 Å². The third kappa shape index (κ3) is 2.56. The molecule has 58 valence electrons. The summed E-state index contributed by atoms with van der Waals surface area (Å²) >= 11 is 0. The van der Waals surface area contributed by atoms with Crippen LogP contribution in [0, 0.1) is 0 Å². The van der Waals surface area contributed by atoms with Gasteiger partial charge in [-0.05, 0) is 11.6 Å². The van der Waals surface area contributed by atoms with Crippen molar-refractivity contribution in [1.82, 2.24) is 0 Å². The van der Waals surface area contributed by atoms with Crippen LogP contribution in [0.5, 0.6) is 0 Å². The van der Waals surface area contributed by atoms with E-state index in [0.29, 0.717) is 6.04 Å². The standard InChI is InChI=1S/C10H13N/c1-2-10(11)8-9-6-4-3-5-7-9/h2-7,10H,1,8,11H2/p+1. The highest BCUT2D eigenvalue weighted by Gasteiger charge is 1.99. The minimum atomic E-state index is 0.331. The summed E-state index contributed by atoms with van der Waals surface area (Å²) in [5.41, 5.74) is 5.26. The Morgan fingerprint density at radius 1 is 1.36 bits per heavy atom. The lowest BCUT2D eigenvalue weighted by atomic mass is 10.1. The Morgan fingerprint density at radius 3 is 2.55 bits per heavy atom. The minimum Gasteiger partial charge on any atom is -0.352 e. The molecule has 11 heavy (non-hydrogen) atoms. The van der Waals surface area contributed by atoms with Gasteiger partial charge in [0.1, 0.15) is 6.04 Å². The zero-order valence-electron chi connectivity index (χ0n) is 6.66. The lowest BCUT2D eigenvalue weighted by Gasteiger charge is -2.01. The summed E-state index contributed by atoms with van der Waals surface area (Å²) in [6, 6.07) is 10.7. The molecule has 0 saturated carbocycles. The van der Waals surface area contributed by atoms with Crippen LogP contribution in [0.4, 0.5) is 0 Å². The van der Waals surface area contributed by atoms with Crippen LogP contribution in [0.15, 0.2) is 43.0 Å². The molecule has 1 aromatic carbocycles. The molecule has 0 spiro atoms. The second-order valence-electron chi connectivity index (χ2n) is 2.69. The number of quaternary nitrogens is 1. The average molecular weight is 148 g/mol. The molecule has 0 amide bonds. The minimum absolute atomic E-state index is 0.331. The van der Waals surface area contributed by atoms with E-state index in [1.54, 1.807) is 0 Å². The zero-order valence-corrected chi connectivity index (χ0v) is 6.66. The van der Waals surface area contributed by atoms with E-state index < -0.39 is 0 Å². The van der Waals surface area contributed by atoms with Crippen molar-refractivity contribution in [2.24, 2.45) is 0 Å². The first-order chi connectivity index (χ1) is 5.33. The van der Waals surface area contributed by atoms with E-state index in [2.05, 4.69) is 24.4 Å². The molecule has 0 aromatic heterocycles. The van der Waals surface area contributed by atoms with Gasteiger partial charge in [0, 0.05) is 6.42 Å². The van der Waals surface area contributed by atoms with Crippen LogP contribution in [-0.4, -0.2) is 6.04 Å². The SMILES string of the molecule is C=CC([NH3+])Cc1ccccc1. The molecule has 1 atom stereocenters. The van der Waals surface area contributed by atoms with E-state index in [1.807, 2.05) is 24.3 Å². The summed E-state index contributed by atoms with van der Waals surface area (Å²) in [4.78, 5) is 0. The first kappa shape index (κ1) is 8.02. The molecule has 0 saturated heterocycles. The van der Waals surface area contributed by atoms with Gasteiger partial charge in [0.15, 0.2) is 0 Å². The van der Waals surface area contributed by atoms with Crippen molar-refractivity contribution in [3.05, 3.63) is 48.6 Å². The topological polar surface area (TPSA) is 27.6 Å². The molecule has 0 fully saturated rings. The van der Waals surface area contributed by atoms with Crippen molar-refractivity contribution < 1.29 is 5.73 Å². The molecule has 0 radical (unpaired) electrons. The fourth-order valence-corrected chi connectivity index (χ4v) is 1.00. The maximum atomic E-state index is 3.93. The fraction of sp³-hybridized carbons (Fsp3) is 0.200. The first-order valence-corrected chi connectivity index (χ1v) is 3.82. The summed E-state index contributed by atoms with van der Waals surface area (Å²) < 4.78 is 0. The van der Waals surface area contributed by atoms with Crippen LogP contribution >= 0.6 is 0 Å². The number of hydrogen-bond acceptors (Lipinski definition) is 0. The molecule has 1 nitrogen and oxygen atoms in total. The van der Waals surface area contributed by atoms with Gasteiger partial charge in [0.05, 0.1) is 0 Å². The van der Waals surface area contributed by atoms with Crippen molar-refractivity contribution in [2.45, 2.75) is 12.5 Å². The lowest BCUT2D eigenvalue weighted by molar-refractivity contribution is -0.402. The molecule has 1 unspecified atom stereocenters. The van der Waals surface area contributed by atoms with Crippen LogP contribution in [0.25, 0.3) is 0 Å². The third-order valence-corrected chi connectivity index (χ3v) is 1.67. The van der Waals surface area contributed by atoms with Crippen molar-refractivity contribution in [2.75, 3.05) is 0 Å². The van der Waals surface area contributed by atoms with Gasteiger partial charge in [0.25, 0.3) is 0 Å². The molecule has 0 aliphatic heterocycles. The van der Waals surface area contributed by atoms with Gasteiger partial charge < -0.3 is 5.73 Å².